The van der Waals surface area contributed by atoms with Crippen molar-refractivity contribution in [3.63, 3.8) is 0 Å². The number of rotatable bonds is 47. The lowest BCUT2D eigenvalue weighted by Gasteiger charge is -2.62. The van der Waals surface area contributed by atoms with Crippen molar-refractivity contribution < 1.29 is 39.6 Å². The highest BCUT2D eigenvalue weighted by Gasteiger charge is 2.43. The number of nitrogens with one attached hydrogen (secondary N) is 4. The van der Waals surface area contributed by atoms with Crippen molar-refractivity contribution in [3.8, 4) is 0 Å². The molecule has 0 spiro atoms. The summed E-state index contributed by atoms with van der Waals surface area (Å²) in [5, 5.41) is 71.1. The van der Waals surface area contributed by atoms with E-state index in [9.17, 15) is 39.6 Å². The third kappa shape index (κ3) is 23.4. The first-order chi connectivity index (χ1) is 50.5. The predicted molar refractivity (Wildman–Crippen MR) is 423 cm³/mol. The Hall–Kier alpha value is -7.76. The maximum atomic E-state index is 14.8. The number of hydrogen-bond acceptors (Lipinski definition) is 12. The Kier molecular flexibility index (Phi) is 33.9. The molecular formula is C88H122N8O8-4. The second kappa shape index (κ2) is 43.0. The summed E-state index contributed by atoms with van der Waals surface area (Å²) < 4.78 is 0. The number of anilines is 10. The molecule has 0 aromatic heterocycles. The van der Waals surface area contributed by atoms with Gasteiger partial charge in [0, 0.05) is 135 Å². The number of para-hydroxylation sites is 2. The summed E-state index contributed by atoms with van der Waals surface area (Å²) in [7, 11) is 0. The molecule has 16 heteroatoms. The SMILES string of the molecule is CCCCCCCCN(CCCCCCCC)c1ccc(C2C([O-])C(c3c(NC(C)=O)cc(N(CCCCN(c4ccccc4)c4cc(NC(C)=O)c(C5C([O-])C(c6ccc(N(CCCCCCCC)CCCCCCCC)cc6)C5[O-])c(NC(C)=O)c4)c4ccccc4)cc3NC(C)=O)C2[O-])cc1. The van der Waals surface area contributed by atoms with E-state index in [1.807, 2.05) is 84.9 Å². The van der Waals surface area contributed by atoms with E-state index >= 15 is 0 Å². The number of nitrogens with zero attached hydrogens (tertiary/aromatic N) is 4. The lowest BCUT2D eigenvalue weighted by atomic mass is 9.62. The molecule has 8 rings (SSSR count). The van der Waals surface area contributed by atoms with Crippen LogP contribution in [-0.2, 0) is 19.2 Å². The Morgan fingerprint density at radius 3 is 0.779 bits per heavy atom. The Morgan fingerprint density at radius 1 is 0.288 bits per heavy atom. The summed E-state index contributed by atoms with van der Waals surface area (Å²) in [6.07, 6.45) is 24.8. The van der Waals surface area contributed by atoms with Gasteiger partial charge in [0.05, 0.1) is 0 Å². The second-order valence-electron chi connectivity index (χ2n) is 29.5. The van der Waals surface area contributed by atoms with E-state index in [1.165, 1.54) is 156 Å². The third-order valence-corrected chi connectivity index (χ3v) is 21.3. The van der Waals surface area contributed by atoms with Crippen LogP contribution in [0, 0.1) is 0 Å². The third-order valence-electron chi connectivity index (χ3n) is 21.3. The summed E-state index contributed by atoms with van der Waals surface area (Å²) in [6, 6.07) is 42.7. The zero-order valence-electron chi connectivity index (χ0n) is 64.0. The molecule has 6 aromatic rings. The fraction of sp³-hybridized carbons (Fsp3) is 0.545. The van der Waals surface area contributed by atoms with Crippen molar-refractivity contribution in [2.45, 2.75) is 270 Å². The first-order valence-electron chi connectivity index (χ1n) is 39.9. The largest absolute Gasteiger partial charge is 0.851 e. The smallest absolute Gasteiger partial charge is 0.221 e. The Balaban J connectivity index is 1.03. The van der Waals surface area contributed by atoms with Gasteiger partial charge < -0.3 is 61.3 Å². The first-order valence-corrected chi connectivity index (χ1v) is 39.9. The van der Waals surface area contributed by atoms with Crippen LogP contribution in [0.3, 0.4) is 0 Å². The van der Waals surface area contributed by atoms with E-state index in [0.717, 1.165) is 74.6 Å². The minimum Gasteiger partial charge on any atom is -0.851 e. The number of unbranched alkanes of at least 4 members (excludes halogenated alkanes) is 21. The van der Waals surface area contributed by atoms with E-state index in [4.69, 9.17) is 0 Å². The molecule has 0 bridgehead atoms. The average Bonchev–Trinajstić information content (AvgIpc) is 0.737. The van der Waals surface area contributed by atoms with Gasteiger partial charge in [0.25, 0.3) is 0 Å². The molecule has 0 radical (unpaired) electrons. The zero-order valence-corrected chi connectivity index (χ0v) is 64.0. The van der Waals surface area contributed by atoms with Gasteiger partial charge in [-0.2, -0.15) is 0 Å². The number of hydrogen-bond donors (Lipinski definition) is 4. The zero-order chi connectivity index (χ0) is 74.3. The standard InChI is InChI=1S/C88H122N8O8/c1-9-13-17-21-25-35-53-93(54-36-26-22-18-14-10-2)69-49-45-67(46-50-69)79-85(101)83(86(79)102)81-75(89-63(5)97)59-73(60-76(81)90-64(6)98)95(71-41-31-29-32-42-71)57-39-40-58-96(72-43-33-30-34-44-72)74-61-77(91-65(7)99)82(78(62-74)92-66(8)100)84-87(103)80(88(84)104)68-47-51-70(52-48-68)94(55-37-27-23-19-15-11-3)56-38-28-24-20-16-12-4/h29-34,41-52,59-62,79-80,83-88H,9-28,35-40,53-58H2,1-8H3,(H,89,97)(H,90,98)(H,91,99)(H,92,100)/q-4. The summed E-state index contributed by atoms with van der Waals surface area (Å²) in [5.41, 5.74) is 8.16. The molecule has 104 heavy (non-hydrogen) atoms. The van der Waals surface area contributed by atoms with Crippen molar-refractivity contribution in [3.05, 3.63) is 156 Å². The van der Waals surface area contributed by atoms with Crippen molar-refractivity contribution in [1.29, 1.82) is 0 Å². The molecule has 2 saturated carbocycles. The molecule has 6 aromatic carbocycles. The first kappa shape index (κ1) is 81.9. The van der Waals surface area contributed by atoms with Gasteiger partial charge in [-0.1, -0.05) is 217 Å². The number of carbonyl (C=O) groups excluding carboxylic acids is 4. The van der Waals surface area contributed by atoms with Crippen molar-refractivity contribution in [2.75, 3.05) is 80.1 Å². The maximum absolute atomic E-state index is 14.8. The van der Waals surface area contributed by atoms with Gasteiger partial charge in [-0.3, -0.25) is 19.2 Å². The molecule has 4 amide bonds. The van der Waals surface area contributed by atoms with Crippen LogP contribution in [0.5, 0.6) is 0 Å². The fourth-order valence-corrected chi connectivity index (χ4v) is 15.7. The predicted octanol–water partition coefficient (Wildman–Crippen LogP) is 17.0. The lowest BCUT2D eigenvalue weighted by Crippen LogP contribution is -2.63. The van der Waals surface area contributed by atoms with E-state index in [2.05, 4.69) is 92.8 Å². The second-order valence-corrected chi connectivity index (χ2v) is 29.5. The van der Waals surface area contributed by atoms with Gasteiger partial charge in [0.15, 0.2) is 0 Å². The van der Waals surface area contributed by atoms with Gasteiger partial charge in [-0.15, -0.1) is 24.4 Å². The highest BCUT2D eigenvalue weighted by atomic mass is 16.3. The minimum absolute atomic E-state index is 0.279. The number of carbonyl (C=O) groups is 4. The summed E-state index contributed by atoms with van der Waals surface area (Å²) in [6.45, 7) is 19.2. The van der Waals surface area contributed by atoms with E-state index in [1.54, 1.807) is 24.3 Å². The average molecular weight is 1420 g/mol. The molecule has 4 unspecified atom stereocenters. The molecular weight excluding hydrogens is 1300 g/mol. The molecule has 2 aliphatic rings. The van der Waals surface area contributed by atoms with Crippen molar-refractivity contribution in [2.24, 2.45) is 0 Å². The van der Waals surface area contributed by atoms with E-state index in [0.29, 0.717) is 59.6 Å². The molecule has 4 atom stereocenters. The molecule has 4 N–H and O–H groups in total. The Morgan fingerprint density at radius 2 is 0.529 bits per heavy atom. The summed E-state index contributed by atoms with van der Waals surface area (Å²) in [4.78, 5) is 62.1. The van der Waals surface area contributed by atoms with Gasteiger partial charge in [-0.05, 0) is 146 Å². The molecule has 0 heterocycles. The summed E-state index contributed by atoms with van der Waals surface area (Å²) in [5.74, 6) is -5.45. The lowest BCUT2D eigenvalue weighted by molar-refractivity contribution is -0.536. The van der Waals surface area contributed by atoms with E-state index < -0.39 is 71.7 Å². The maximum Gasteiger partial charge on any atom is 0.221 e. The summed E-state index contributed by atoms with van der Waals surface area (Å²) >= 11 is 0. The molecule has 2 aliphatic carbocycles. The topological polar surface area (TPSA) is 222 Å². The monoisotopic (exact) mass is 1420 g/mol. The normalized spacial score (nSPS) is 18.2. The molecule has 566 valence electrons. The molecule has 16 nitrogen and oxygen atoms in total. The van der Waals surface area contributed by atoms with Crippen LogP contribution < -0.4 is 61.3 Å². The van der Waals surface area contributed by atoms with E-state index in [-0.39, 0.29) is 22.7 Å². The van der Waals surface area contributed by atoms with Gasteiger partial charge in [0.2, 0.25) is 23.6 Å². The van der Waals surface area contributed by atoms with Crippen molar-refractivity contribution >= 4 is 80.5 Å². The Bertz CT molecular complexity index is 3200. The number of amides is 4. The van der Waals surface area contributed by atoms with Crippen LogP contribution in [0.1, 0.15) is 268 Å². The van der Waals surface area contributed by atoms with Crippen LogP contribution in [0.25, 0.3) is 0 Å². The van der Waals surface area contributed by atoms with Crippen LogP contribution >= 0.6 is 0 Å². The van der Waals surface area contributed by atoms with Crippen LogP contribution in [0.4, 0.5) is 56.9 Å². The van der Waals surface area contributed by atoms with Gasteiger partial charge in [-0.25, -0.2) is 0 Å². The van der Waals surface area contributed by atoms with Crippen LogP contribution in [0.15, 0.2) is 133 Å². The number of benzene rings is 6. The molecule has 2 fully saturated rings. The van der Waals surface area contributed by atoms with Crippen LogP contribution in [0.2, 0.25) is 0 Å². The van der Waals surface area contributed by atoms with Crippen LogP contribution in [-0.4, -0.2) is 87.3 Å². The minimum atomic E-state index is -1.36. The van der Waals surface area contributed by atoms with Gasteiger partial charge >= 0.3 is 0 Å². The quantitative estimate of drug-likeness (QED) is 0.0262. The van der Waals surface area contributed by atoms with Crippen molar-refractivity contribution in [1.82, 2.24) is 0 Å². The fourth-order valence-electron chi connectivity index (χ4n) is 15.7. The Labute approximate surface area is 623 Å². The molecule has 0 saturated heterocycles. The highest BCUT2D eigenvalue weighted by Crippen LogP contribution is 2.53. The molecule has 0 aliphatic heterocycles. The highest BCUT2D eigenvalue weighted by molar-refractivity contribution is 5.98. The van der Waals surface area contributed by atoms with Gasteiger partial charge in [0.1, 0.15) is 0 Å².